The van der Waals surface area contributed by atoms with Crippen LogP contribution in [0.5, 0.6) is 0 Å². The Morgan fingerprint density at radius 1 is 0.386 bits per heavy atom. The quantitative estimate of drug-likeness (QED) is 0.180. The summed E-state index contributed by atoms with van der Waals surface area (Å²) in [6, 6.07) is 59.4. The number of anilines is 3. The minimum absolute atomic E-state index is 0.0899. The van der Waals surface area contributed by atoms with E-state index in [0.29, 0.717) is 0 Å². The van der Waals surface area contributed by atoms with Crippen molar-refractivity contribution >= 4 is 60.9 Å². The van der Waals surface area contributed by atoms with Crippen molar-refractivity contribution in [2.75, 3.05) is 4.90 Å². The van der Waals surface area contributed by atoms with Crippen molar-refractivity contribution < 1.29 is 8.83 Å². The van der Waals surface area contributed by atoms with E-state index in [4.69, 9.17) is 8.83 Å². The molecule has 8 aromatic carbocycles. The summed E-state index contributed by atoms with van der Waals surface area (Å²) in [6.07, 6.45) is 0. The third kappa shape index (κ3) is 4.32. The van der Waals surface area contributed by atoms with Gasteiger partial charge in [-0.15, -0.1) is 0 Å². The van der Waals surface area contributed by atoms with Crippen LogP contribution >= 0.6 is 0 Å². The molecule has 0 saturated carbocycles. The minimum atomic E-state index is -0.130. The molecule has 3 nitrogen and oxygen atoms in total. The Morgan fingerprint density at radius 2 is 0.947 bits per heavy atom. The van der Waals surface area contributed by atoms with E-state index >= 15 is 0 Å². The molecule has 10 aromatic rings. The molecule has 57 heavy (non-hydrogen) atoms. The van der Waals surface area contributed by atoms with Gasteiger partial charge >= 0.3 is 0 Å². The first-order chi connectivity index (χ1) is 27.8. The Hall–Kier alpha value is -6.84. The highest BCUT2D eigenvalue weighted by Gasteiger charge is 2.39. The van der Waals surface area contributed by atoms with Crippen LogP contribution in [-0.4, -0.2) is 0 Å². The molecule has 2 aliphatic rings. The third-order valence-corrected chi connectivity index (χ3v) is 13.1. The van der Waals surface area contributed by atoms with E-state index in [9.17, 15) is 0 Å². The molecule has 0 fully saturated rings. The van der Waals surface area contributed by atoms with Crippen molar-refractivity contribution in [1.29, 1.82) is 0 Å². The molecular formula is C54H39NO2. The average Bonchev–Trinajstić information content (AvgIpc) is 3.95. The molecule has 3 heteroatoms. The average molecular weight is 734 g/mol. The summed E-state index contributed by atoms with van der Waals surface area (Å²) in [7, 11) is 0. The molecule has 0 saturated heterocycles. The zero-order valence-corrected chi connectivity index (χ0v) is 32.4. The molecule has 0 N–H and O–H groups in total. The number of hydrogen-bond donors (Lipinski definition) is 0. The van der Waals surface area contributed by atoms with Gasteiger partial charge in [0.1, 0.15) is 22.3 Å². The van der Waals surface area contributed by atoms with E-state index in [2.05, 4.69) is 190 Å². The van der Waals surface area contributed by atoms with Gasteiger partial charge in [-0.3, -0.25) is 0 Å². The van der Waals surface area contributed by atoms with Gasteiger partial charge in [-0.1, -0.05) is 155 Å². The monoisotopic (exact) mass is 733 g/mol. The van der Waals surface area contributed by atoms with Gasteiger partial charge < -0.3 is 13.7 Å². The Labute approximate surface area is 331 Å². The van der Waals surface area contributed by atoms with Crippen molar-refractivity contribution in [2.24, 2.45) is 0 Å². The fraction of sp³-hybridized carbons (Fsp3) is 0.111. The largest absolute Gasteiger partial charge is 0.456 e. The summed E-state index contributed by atoms with van der Waals surface area (Å²) < 4.78 is 13.5. The number of benzene rings is 8. The lowest BCUT2D eigenvalue weighted by atomic mass is 9.82. The van der Waals surface area contributed by atoms with Gasteiger partial charge in [-0.05, 0) is 75.3 Å². The van der Waals surface area contributed by atoms with E-state index in [-0.39, 0.29) is 10.8 Å². The molecule has 2 aliphatic carbocycles. The molecular weight excluding hydrogens is 695 g/mol. The lowest BCUT2D eigenvalue weighted by Crippen LogP contribution is -2.16. The molecule has 0 unspecified atom stereocenters. The van der Waals surface area contributed by atoms with Crippen molar-refractivity contribution in [2.45, 2.75) is 38.5 Å². The Morgan fingerprint density at radius 3 is 1.74 bits per heavy atom. The second-order valence-electron chi connectivity index (χ2n) is 16.8. The van der Waals surface area contributed by atoms with Gasteiger partial charge in [0.15, 0.2) is 0 Å². The van der Waals surface area contributed by atoms with Crippen LogP contribution in [0.1, 0.15) is 49.9 Å². The van der Waals surface area contributed by atoms with E-state index in [0.717, 1.165) is 72.1 Å². The van der Waals surface area contributed by atoms with Crippen molar-refractivity contribution in [3.8, 4) is 33.4 Å². The molecule has 2 aromatic heterocycles. The van der Waals surface area contributed by atoms with Crippen LogP contribution in [0.25, 0.3) is 77.3 Å². The smallest absolute Gasteiger partial charge is 0.143 e. The van der Waals surface area contributed by atoms with Crippen LogP contribution < -0.4 is 4.90 Å². The van der Waals surface area contributed by atoms with Gasteiger partial charge in [-0.2, -0.15) is 0 Å². The van der Waals surface area contributed by atoms with Crippen LogP contribution in [0.15, 0.2) is 173 Å². The lowest BCUT2D eigenvalue weighted by Gasteiger charge is -2.29. The first kappa shape index (κ1) is 32.4. The van der Waals surface area contributed by atoms with E-state index in [1.54, 1.807) is 0 Å². The SMILES string of the molecule is CC1(C)c2ccccc2-c2c(N(c3ccc(-c4cccc5c4oc4c6c(ccc45)C(C)(C)c4ccccc4-6)cc3)c3cccc4oc5ccccc5c34)cccc21. The van der Waals surface area contributed by atoms with Crippen molar-refractivity contribution in [3.05, 3.63) is 186 Å². The number of fused-ring (bicyclic) bond motifs is 13. The zero-order chi connectivity index (χ0) is 38.2. The Kier molecular flexibility index (Phi) is 6.46. The summed E-state index contributed by atoms with van der Waals surface area (Å²) in [5.74, 6) is 0. The highest BCUT2D eigenvalue weighted by molar-refractivity contribution is 6.16. The number of para-hydroxylation sites is 2. The van der Waals surface area contributed by atoms with E-state index < -0.39 is 0 Å². The summed E-state index contributed by atoms with van der Waals surface area (Å²) in [4.78, 5) is 2.44. The number of nitrogens with zero attached hydrogens (tertiary/aromatic N) is 1. The fourth-order valence-electron chi connectivity index (χ4n) is 10.3. The molecule has 0 amide bonds. The van der Waals surface area contributed by atoms with Crippen LogP contribution in [0.3, 0.4) is 0 Å². The normalized spacial score (nSPS) is 14.6. The Balaban J connectivity index is 1.06. The van der Waals surface area contributed by atoms with Crippen LogP contribution in [0, 0.1) is 0 Å². The maximum absolute atomic E-state index is 7.01. The maximum atomic E-state index is 7.01. The third-order valence-electron chi connectivity index (χ3n) is 13.1. The zero-order valence-electron chi connectivity index (χ0n) is 32.4. The molecule has 12 rings (SSSR count). The van der Waals surface area contributed by atoms with Gasteiger partial charge in [0.05, 0.1) is 16.8 Å². The second-order valence-corrected chi connectivity index (χ2v) is 16.8. The van der Waals surface area contributed by atoms with Gasteiger partial charge in [0, 0.05) is 49.4 Å². The van der Waals surface area contributed by atoms with Crippen LogP contribution in [0.2, 0.25) is 0 Å². The summed E-state index contributed by atoms with van der Waals surface area (Å²) >= 11 is 0. The number of furan rings is 2. The molecule has 0 bridgehead atoms. The van der Waals surface area contributed by atoms with Crippen molar-refractivity contribution in [3.63, 3.8) is 0 Å². The van der Waals surface area contributed by atoms with Crippen LogP contribution in [-0.2, 0) is 10.8 Å². The molecule has 0 radical (unpaired) electrons. The van der Waals surface area contributed by atoms with Gasteiger partial charge in [0.2, 0.25) is 0 Å². The summed E-state index contributed by atoms with van der Waals surface area (Å²) in [5, 5.41) is 4.50. The molecule has 2 heterocycles. The summed E-state index contributed by atoms with van der Waals surface area (Å²) in [5.41, 5.74) is 19.3. The van der Waals surface area contributed by atoms with E-state index in [1.165, 1.54) is 44.5 Å². The van der Waals surface area contributed by atoms with E-state index in [1.807, 2.05) is 6.07 Å². The lowest BCUT2D eigenvalue weighted by molar-refractivity contribution is 0.653. The molecule has 272 valence electrons. The molecule has 0 spiro atoms. The van der Waals surface area contributed by atoms with Crippen LogP contribution in [0.4, 0.5) is 17.1 Å². The van der Waals surface area contributed by atoms with Gasteiger partial charge in [-0.25, -0.2) is 0 Å². The standard InChI is InChI=1S/C54H39NO2/c1-53(2)40-19-8-5-14-37(40)48-42(53)21-12-22-44(48)55(45-23-13-25-47-50(45)39-16-7-10-24-46(39)56-47)33-28-26-32(27-29-33)34-17-11-18-35-36-30-31-43-49(52(36)57-51(34)35)38-15-6-9-20-41(38)54(43,3)4/h5-31H,1-4H3. The molecule has 0 aliphatic heterocycles. The molecule has 0 atom stereocenters. The summed E-state index contributed by atoms with van der Waals surface area (Å²) in [6.45, 7) is 9.33. The number of rotatable bonds is 4. The first-order valence-corrected chi connectivity index (χ1v) is 19.9. The van der Waals surface area contributed by atoms with Gasteiger partial charge in [0.25, 0.3) is 0 Å². The number of hydrogen-bond acceptors (Lipinski definition) is 3. The fourth-order valence-corrected chi connectivity index (χ4v) is 10.3. The second kappa shape index (κ2) is 11.4. The minimum Gasteiger partial charge on any atom is -0.456 e. The first-order valence-electron chi connectivity index (χ1n) is 19.9. The predicted molar refractivity (Wildman–Crippen MR) is 236 cm³/mol. The topological polar surface area (TPSA) is 29.5 Å². The highest BCUT2D eigenvalue weighted by Crippen LogP contribution is 2.56. The Bertz CT molecular complexity index is 3300. The highest BCUT2D eigenvalue weighted by atomic mass is 16.3. The predicted octanol–water partition coefficient (Wildman–Crippen LogP) is 15.2. The van der Waals surface area contributed by atoms with Crippen molar-refractivity contribution in [1.82, 2.24) is 0 Å². The maximum Gasteiger partial charge on any atom is 0.143 e.